The van der Waals surface area contributed by atoms with Gasteiger partial charge in [-0.3, -0.25) is 4.79 Å². The van der Waals surface area contributed by atoms with E-state index in [9.17, 15) is 4.79 Å². The first-order chi connectivity index (χ1) is 5.13. The Kier molecular flexibility index (Phi) is 5.19. The lowest BCUT2D eigenvalue weighted by Gasteiger charge is -2.17. The van der Waals surface area contributed by atoms with E-state index in [1.807, 2.05) is 0 Å². The molecule has 62 valence electrons. The third-order valence-electron chi connectivity index (χ3n) is 1.04. The van der Waals surface area contributed by atoms with Crippen molar-refractivity contribution in [3.63, 3.8) is 0 Å². The Morgan fingerprint density at radius 3 is 2.64 bits per heavy atom. The maximum absolute atomic E-state index is 10.4. The van der Waals surface area contributed by atoms with Crippen LogP contribution in [-0.2, 0) is 4.79 Å². The Morgan fingerprint density at radius 1 is 1.82 bits per heavy atom. The van der Waals surface area contributed by atoms with Crippen LogP contribution < -0.4 is 0 Å². The minimum absolute atomic E-state index is 0.206. The molecule has 0 aliphatic rings. The summed E-state index contributed by atoms with van der Waals surface area (Å²) in [6.07, 6.45) is 4.95. The van der Waals surface area contributed by atoms with E-state index >= 15 is 0 Å². The molecule has 0 unspecified atom stereocenters. The lowest BCUT2D eigenvalue weighted by Crippen LogP contribution is -2.37. The third kappa shape index (κ3) is 3.55. The number of hydrogen-bond donors (Lipinski definition) is 2. The standard InChI is InChI=1S/C6H8INO3/c1-2-3-8(7)5(4-9)6(10)11/h1,5,9H,3-4H2,(H,10,11)/t5-/m0/s1. The molecular formula is C6H8INO3. The van der Waals surface area contributed by atoms with Gasteiger partial charge in [0, 0.05) is 22.9 Å². The molecule has 0 rings (SSSR count). The number of nitrogens with zero attached hydrogens (tertiary/aromatic N) is 1. The van der Waals surface area contributed by atoms with Crippen molar-refractivity contribution >= 4 is 28.8 Å². The van der Waals surface area contributed by atoms with Gasteiger partial charge in [0.2, 0.25) is 0 Å². The lowest BCUT2D eigenvalue weighted by molar-refractivity contribution is -0.142. The second kappa shape index (κ2) is 5.35. The molecule has 0 heterocycles. The van der Waals surface area contributed by atoms with Gasteiger partial charge in [0.1, 0.15) is 6.04 Å². The minimum Gasteiger partial charge on any atom is -0.480 e. The molecular weight excluding hydrogens is 261 g/mol. The fourth-order valence-corrected chi connectivity index (χ4v) is 1.10. The molecule has 2 N–H and O–H groups in total. The molecule has 0 aliphatic carbocycles. The van der Waals surface area contributed by atoms with Crippen molar-refractivity contribution in [2.24, 2.45) is 0 Å². The van der Waals surface area contributed by atoms with Gasteiger partial charge in [-0.15, -0.1) is 6.42 Å². The average Bonchev–Trinajstić information content (AvgIpc) is 1.88. The van der Waals surface area contributed by atoms with Crippen LogP contribution in [0.4, 0.5) is 0 Å². The van der Waals surface area contributed by atoms with E-state index in [2.05, 4.69) is 5.92 Å². The maximum Gasteiger partial charge on any atom is 0.324 e. The topological polar surface area (TPSA) is 60.8 Å². The molecule has 0 fully saturated rings. The summed E-state index contributed by atoms with van der Waals surface area (Å²) in [5.41, 5.74) is 0. The summed E-state index contributed by atoms with van der Waals surface area (Å²) in [4.78, 5) is 10.4. The number of aliphatic carboxylic acids is 1. The van der Waals surface area contributed by atoms with E-state index < -0.39 is 18.6 Å². The van der Waals surface area contributed by atoms with Crippen LogP contribution >= 0.6 is 22.9 Å². The van der Waals surface area contributed by atoms with E-state index in [0.717, 1.165) is 0 Å². The zero-order chi connectivity index (χ0) is 8.85. The van der Waals surface area contributed by atoms with Gasteiger partial charge in [0.15, 0.2) is 0 Å². The number of carbonyl (C=O) groups is 1. The van der Waals surface area contributed by atoms with Crippen LogP contribution in [0.5, 0.6) is 0 Å². The number of aliphatic hydroxyl groups is 1. The summed E-state index contributed by atoms with van der Waals surface area (Å²) in [7, 11) is 0. The van der Waals surface area contributed by atoms with Crippen molar-refractivity contribution in [3.8, 4) is 12.3 Å². The number of terminal acetylenes is 1. The predicted molar refractivity (Wildman–Crippen MR) is 48.1 cm³/mol. The fraction of sp³-hybridized carbons (Fsp3) is 0.500. The molecule has 0 aliphatic heterocycles. The fourth-order valence-electron chi connectivity index (χ4n) is 0.484. The molecule has 0 radical (unpaired) electrons. The Bertz CT molecular complexity index is 177. The summed E-state index contributed by atoms with van der Waals surface area (Å²) in [6.45, 7) is -0.224. The zero-order valence-electron chi connectivity index (χ0n) is 5.70. The quantitative estimate of drug-likeness (QED) is 0.418. The highest BCUT2D eigenvalue weighted by Crippen LogP contribution is 2.05. The first-order valence-electron chi connectivity index (χ1n) is 2.83. The first kappa shape index (κ1) is 10.7. The first-order valence-corrected chi connectivity index (χ1v) is 3.79. The van der Waals surface area contributed by atoms with Crippen molar-refractivity contribution in [1.29, 1.82) is 0 Å². The normalized spacial score (nSPS) is 12.5. The zero-order valence-corrected chi connectivity index (χ0v) is 7.85. The van der Waals surface area contributed by atoms with Crippen LogP contribution in [0.1, 0.15) is 0 Å². The van der Waals surface area contributed by atoms with E-state index in [0.29, 0.717) is 0 Å². The van der Waals surface area contributed by atoms with Gasteiger partial charge < -0.3 is 10.2 Å². The van der Waals surface area contributed by atoms with Crippen molar-refractivity contribution in [2.45, 2.75) is 6.04 Å². The van der Waals surface area contributed by atoms with Gasteiger partial charge in [-0.2, -0.15) is 0 Å². The number of carboxylic acids is 1. The molecule has 0 aromatic carbocycles. The monoisotopic (exact) mass is 269 g/mol. The molecule has 11 heavy (non-hydrogen) atoms. The van der Waals surface area contributed by atoms with Crippen LogP contribution in [0, 0.1) is 12.3 Å². The molecule has 0 amide bonds. The van der Waals surface area contributed by atoms with Gasteiger partial charge in [0.25, 0.3) is 0 Å². The van der Waals surface area contributed by atoms with Crippen LogP contribution in [0.25, 0.3) is 0 Å². The number of hydrogen-bond acceptors (Lipinski definition) is 3. The number of aliphatic hydroxyl groups excluding tert-OH is 1. The van der Waals surface area contributed by atoms with Crippen molar-refractivity contribution in [3.05, 3.63) is 0 Å². The highest BCUT2D eigenvalue weighted by Gasteiger charge is 2.21. The van der Waals surface area contributed by atoms with E-state index in [-0.39, 0.29) is 6.54 Å². The maximum atomic E-state index is 10.4. The van der Waals surface area contributed by atoms with Crippen molar-refractivity contribution in [2.75, 3.05) is 13.2 Å². The molecule has 0 saturated heterocycles. The van der Waals surface area contributed by atoms with Crippen LogP contribution in [-0.4, -0.2) is 38.5 Å². The van der Waals surface area contributed by atoms with Gasteiger partial charge in [-0.1, -0.05) is 5.92 Å². The molecule has 0 aromatic rings. The van der Waals surface area contributed by atoms with E-state index in [1.54, 1.807) is 22.9 Å². The molecule has 0 saturated carbocycles. The third-order valence-corrected chi connectivity index (χ3v) is 2.05. The molecule has 4 nitrogen and oxygen atoms in total. The Morgan fingerprint density at radius 2 is 2.36 bits per heavy atom. The number of rotatable bonds is 4. The molecule has 1 atom stereocenters. The van der Waals surface area contributed by atoms with E-state index in [1.165, 1.54) is 3.11 Å². The van der Waals surface area contributed by atoms with Gasteiger partial charge in [-0.05, 0) is 0 Å². The summed E-state index contributed by atoms with van der Waals surface area (Å²) in [5, 5.41) is 17.1. The molecule has 5 heteroatoms. The lowest BCUT2D eigenvalue weighted by atomic mass is 10.3. The van der Waals surface area contributed by atoms with Crippen LogP contribution in [0.3, 0.4) is 0 Å². The highest BCUT2D eigenvalue weighted by atomic mass is 127. The summed E-state index contributed by atoms with van der Waals surface area (Å²) in [6, 6.07) is -0.911. The predicted octanol–water partition coefficient (Wildman–Crippen LogP) is -0.283. The van der Waals surface area contributed by atoms with Crippen molar-refractivity contribution in [1.82, 2.24) is 3.11 Å². The summed E-state index contributed by atoms with van der Waals surface area (Å²) >= 11 is 1.77. The number of carboxylic acid groups (broad SMARTS) is 1. The second-order valence-electron chi connectivity index (χ2n) is 1.80. The van der Waals surface area contributed by atoms with Crippen molar-refractivity contribution < 1.29 is 15.0 Å². The minimum atomic E-state index is -1.07. The second-order valence-corrected chi connectivity index (χ2v) is 3.04. The Hall–Kier alpha value is -0.320. The van der Waals surface area contributed by atoms with Gasteiger partial charge in [0.05, 0.1) is 13.2 Å². The smallest absolute Gasteiger partial charge is 0.324 e. The molecule has 0 bridgehead atoms. The van der Waals surface area contributed by atoms with E-state index in [4.69, 9.17) is 16.6 Å². The SMILES string of the molecule is C#CCN(I)[C@@H](CO)C(=O)O. The average molecular weight is 269 g/mol. The van der Waals surface area contributed by atoms with Gasteiger partial charge >= 0.3 is 5.97 Å². The highest BCUT2D eigenvalue weighted by molar-refractivity contribution is 14.1. The molecule has 0 aromatic heterocycles. The number of halogens is 1. The van der Waals surface area contributed by atoms with Crippen LogP contribution in [0.15, 0.2) is 0 Å². The van der Waals surface area contributed by atoms with Gasteiger partial charge in [-0.25, -0.2) is 3.11 Å². The Balaban J connectivity index is 4.04. The largest absolute Gasteiger partial charge is 0.480 e. The molecule has 0 spiro atoms. The summed E-state index contributed by atoms with van der Waals surface area (Å²) in [5.74, 6) is 1.21. The summed E-state index contributed by atoms with van der Waals surface area (Å²) < 4.78 is 1.36. The van der Waals surface area contributed by atoms with Crippen LogP contribution in [0.2, 0.25) is 0 Å². The Labute approximate surface area is 78.7 Å².